The van der Waals surface area contributed by atoms with Gasteiger partial charge in [0.1, 0.15) is 5.82 Å². The average molecular weight is 192 g/mol. The van der Waals surface area contributed by atoms with E-state index in [-0.39, 0.29) is 6.10 Å². The summed E-state index contributed by atoms with van der Waals surface area (Å²) in [6, 6.07) is 3.92. The zero-order chi connectivity index (χ0) is 10.1. The zero-order valence-electron chi connectivity index (χ0n) is 8.35. The van der Waals surface area contributed by atoms with Crippen molar-refractivity contribution in [3.05, 3.63) is 23.9 Å². The number of anilines is 1. The number of rotatable bonds is 1. The summed E-state index contributed by atoms with van der Waals surface area (Å²) in [5.74, 6) is 1.28. The van der Waals surface area contributed by atoms with Crippen LogP contribution in [0.4, 0.5) is 5.82 Å². The first-order valence-corrected chi connectivity index (χ1v) is 5.08. The summed E-state index contributed by atoms with van der Waals surface area (Å²) in [7, 11) is 0. The van der Waals surface area contributed by atoms with E-state index in [9.17, 15) is 5.11 Å². The van der Waals surface area contributed by atoms with Crippen LogP contribution >= 0.6 is 0 Å². The van der Waals surface area contributed by atoms with E-state index in [1.165, 1.54) is 0 Å². The van der Waals surface area contributed by atoms with Crippen LogP contribution in [0.15, 0.2) is 18.3 Å². The second-order valence-electron chi connectivity index (χ2n) is 4.09. The van der Waals surface area contributed by atoms with Crippen molar-refractivity contribution >= 4 is 5.82 Å². The average Bonchev–Trinajstić information content (AvgIpc) is 2.49. The van der Waals surface area contributed by atoms with E-state index in [4.69, 9.17) is 5.73 Å². The van der Waals surface area contributed by atoms with E-state index >= 15 is 0 Å². The van der Waals surface area contributed by atoms with Crippen LogP contribution in [0.5, 0.6) is 0 Å². The maximum absolute atomic E-state index is 9.66. The predicted octanol–water partition coefficient (Wildman–Crippen LogP) is 1.54. The number of hydrogen-bond acceptors (Lipinski definition) is 3. The lowest BCUT2D eigenvalue weighted by Gasteiger charge is -2.18. The maximum atomic E-state index is 9.66. The normalized spacial score (nSPS) is 32.0. The predicted molar refractivity (Wildman–Crippen MR) is 55.8 cm³/mol. The molecule has 1 aliphatic carbocycles. The van der Waals surface area contributed by atoms with Gasteiger partial charge in [-0.2, -0.15) is 0 Å². The second-order valence-corrected chi connectivity index (χ2v) is 4.09. The summed E-state index contributed by atoms with van der Waals surface area (Å²) in [5.41, 5.74) is 6.91. The summed E-state index contributed by atoms with van der Waals surface area (Å²) >= 11 is 0. The Kier molecular flexibility index (Phi) is 2.42. The van der Waals surface area contributed by atoms with E-state index in [1.54, 1.807) is 6.20 Å². The van der Waals surface area contributed by atoms with Crippen LogP contribution in [0.3, 0.4) is 0 Å². The molecule has 1 aromatic rings. The fraction of sp³-hybridized carbons (Fsp3) is 0.545. The molecular weight excluding hydrogens is 176 g/mol. The summed E-state index contributed by atoms with van der Waals surface area (Å²) < 4.78 is 0. The van der Waals surface area contributed by atoms with Crippen molar-refractivity contribution < 1.29 is 5.11 Å². The number of nitrogens with two attached hydrogens (primary N) is 1. The molecule has 0 aromatic carbocycles. The third kappa shape index (κ3) is 1.48. The molecular formula is C11H16N2O. The van der Waals surface area contributed by atoms with Gasteiger partial charge in [0.25, 0.3) is 0 Å². The number of aromatic nitrogens is 1. The highest BCUT2D eigenvalue weighted by Gasteiger charge is 2.33. The van der Waals surface area contributed by atoms with Crippen molar-refractivity contribution in [2.45, 2.75) is 31.8 Å². The minimum atomic E-state index is -0.181. The van der Waals surface area contributed by atoms with Crippen molar-refractivity contribution in [1.29, 1.82) is 0 Å². The fourth-order valence-electron chi connectivity index (χ4n) is 2.33. The first kappa shape index (κ1) is 9.46. The third-order valence-corrected chi connectivity index (χ3v) is 3.29. The quantitative estimate of drug-likeness (QED) is 0.709. The number of aliphatic hydroxyl groups excluding tert-OH is 1. The van der Waals surface area contributed by atoms with Gasteiger partial charge in [-0.15, -0.1) is 0 Å². The Morgan fingerprint density at radius 2 is 2.29 bits per heavy atom. The van der Waals surface area contributed by atoms with Gasteiger partial charge in [-0.1, -0.05) is 13.0 Å². The molecule has 3 nitrogen and oxygen atoms in total. The molecule has 14 heavy (non-hydrogen) atoms. The van der Waals surface area contributed by atoms with Gasteiger partial charge in [0, 0.05) is 6.20 Å². The van der Waals surface area contributed by atoms with E-state index in [0.29, 0.717) is 17.7 Å². The van der Waals surface area contributed by atoms with Crippen molar-refractivity contribution in [3.63, 3.8) is 0 Å². The van der Waals surface area contributed by atoms with Crippen molar-refractivity contribution in [1.82, 2.24) is 4.98 Å². The Morgan fingerprint density at radius 1 is 1.50 bits per heavy atom. The van der Waals surface area contributed by atoms with Gasteiger partial charge >= 0.3 is 0 Å². The molecule has 0 spiro atoms. The summed E-state index contributed by atoms with van der Waals surface area (Å²) in [6.07, 6.45) is 3.41. The molecule has 76 valence electrons. The Morgan fingerprint density at radius 3 is 2.86 bits per heavy atom. The third-order valence-electron chi connectivity index (χ3n) is 3.29. The van der Waals surface area contributed by atoms with Gasteiger partial charge in [-0.25, -0.2) is 4.98 Å². The second kappa shape index (κ2) is 3.58. The van der Waals surface area contributed by atoms with E-state index in [1.807, 2.05) is 12.1 Å². The standard InChI is InChI=1S/C11H16N2O/c1-7-8(4-5-10(7)14)9-3-2-6-13-11(9)12/h2-3,6-8,10,14H,4-5H2,1H3,(H2,12,13). The van der Waals surface area contributed by atoms with Gasteiger partial charge in [0.05, 0.1) is 6.10 Å². The molecule has 1 fully saturated rings. The molecule has 0 aliphatic heterocycles. The number of aliphatic hydroxyl groups is 1. The van der Waals surface area contributed by atoms with Crippen LogP contribution in [0.1, 0.15) is 31.2 Å². The largest absolute Gasteiger partial charge is 0.393 e. The Hall–Kier alpha value is -1.09. The van der Waals surface area contributed by atoms with E-state index < -0.39 is 0 Å². The van der Waals surface area contributed by atoms with Crippen LogP contribution < -0.4 is 5.73 Å². The van der Waals surface area contributed by atoms with Gasteiger partial charge in [-0.05, 0) is 36.3 Å². The van der Waals surface area contributed by atoms with Gasteiger partial charge < -0.3 is 10.8 Å². The smallest absolute Gasteiger partial charge is 0.126 e. The Bertz CT molecular complexity index is 327. The highest BCUT2D eigenvalue weighted by atomic mass is 16.3. The van der Waals surface area contributed by atoms with Crippen molar-refractivity contribution in [2.75, 3.05) is 5.73 Å². The van der Waals surface area contributed by atoms with Gasteiger partial charge in [0.2, 0.25) is 0 Å². The number of nitrogen functional groups attached to an aromatic ring is 1. The Balaban J connectivity index is 2.28. The van der Waals surface area contributed by atoms with Crippen LogP contribution in [0, 0.1) is 5.92 Å². The van der Waals surface area contributed by atoms with Crippen LogP contribution in [-0.4, -0.2) is 16.2 Å². The molecule has 3 unspecified atom stereocenters. The molecule has 3 atom stereocenters. The summed E-state index contributed by atoms with van der Waals surface area (Å²) in [4.78, 5) is 4.08. The highest BCUT2D eigenvalue weighted by Crippen LogP contribution is 2.40. The molecule has 0 radical (unpaired) electrons. The number of pyridine rings is 1. The lowest BCUT2D eigenvalue weighted by atomic mass is 9.90. The van der Waals surface area contributed by atoms with E-state index in [0.717, 1.165) is 18.4 Å². The van der Waals surface area contributed by atoms with Crippen LogP contribution in [0.25, 0.3) is 0 Å². The first-order chi connectivity index (χ1) is 6.70. The molecule has 1 heterocycles. The van der Waals surface area contributed by atoms with Gasteiger partial charge in [-0.3, -0.25) is 0 Å². The summed E-state index contributed by atoms with van der Waals surface area (Å²) in [6.45, 7) is 2.08. The summed E-state index contributed by atoms with van der Waals surface area (Å²) in [5, 5.41) is 9.66. The van der Waals surface area contributed by atoms with Crippen molar-refractivity contribution in [2.24, 2.45) is 5.92 Å². The number of hydrogen-bond donors (Lipinski definition) is 2. The topological polar surface area (TPSA) is 59.1 Å². The Labute approximate surface area is 84.0 Å². The molecule has 1 aliphatic rings. The van der Waals surface area contributed by atoms with E-state index in [2.05, 4.69) is 11.9 Å². The maximum Gasteiger partial charge on any atom is 0.126 e. The fourth-order valence-corrected chi connectivity index (χ4v) is 2.33. The first-order valence-electron chi connectivity index (χ1n) is 5.08. The van der Waals surface area contributed by atoms with Crippen LogP contribution in [0.2, 0.25) is 0 Å². The highest BCUT2D eigenvalue weighted by molar-refractivity contribution is 5.42. The van der Waals surface area contributed by atoms with Crippen LogP contribution in [-0.2, 0) is 0 Å². The monoisotopic (exact) mass is 192 g/mol. The molecule has 0 bridgehead atoms. The lowest BCUT2D eigenvalue weighted by Crippen LogP contribution is -2.15. The molecule has 1 saturated carbocycles. The molecule has 3 N–H and O–H groups in total. The number of nitrogens with zero attached hydrogens (tertiary/aromatic N) is 1. The zero-order valence-corrected chi connectivity index (χ0v) is 8.35. The molecule has 1 aromatic heterocycles. The van der Waals surface area contributed by atoms with Crippen molar-refractivity contribution in [3.8, 4) is 0 Å². The molecule has 0 amide bonds. The molecule has 3 heteroatoms. The minimum Gasteiger partial charge on any atom is -0.393 e. The lowest BCUT2D eigenvalue weighted by molar-refractivity contribution is 0.136. The minimum absolute atomic E-state index is 0.181. The molecule has 2 rings (SSSR count). The SMILES string of the molecule is CC1C(O)CCC1c1cccnc1N. The molecule has 0 saturated heterocycles. The van der Waals surface area contributed by atoms with Gasteiger partial charge in [0.15, 0.2) is 0 Å².